The number of H-pyrrole nitrogens is 1. The number of aliphatic imine (C=N–C) groups is 1. The standard InChI is InChI=1S/C19H18BrN3O/c1-13(9-16-11-21-12-22-16)23-19(14-5-3-2-4-6-14)17-8-7-15(20)10-18(17)24/h2-8,10-13,24H,9H2,1H3,(H,21,22)/t13-/m1/s1. The van der Waals surface area contributed by atoms with Crippen LogP contribution < -0.4 is 0 Å². The molecular formula is C19H18BrN3O. The number of halogens is 1. The molecule has 0 saturated carbocycles. The fourth-order valence-corrected chi connectivity index (χ4v) is 2.93. The molecule has 0 saturated heterocycles. The van der Waals surface area contributed by atoms with Crippen molar-refractivity contribution in [3.8, 4) is 5.75 Å². The highest BCUT2D eigenvalue weighted by Gasteiger charge is 2.14. The van der Waals surface area contributed by atoms with Gasteiger partial charge in [0.1, 0.15) is 5.75 Å². The van der Waals surface area contributed by atoms with E-state index in [9.17, 15) is 5.11 Å². The van der Waals surface area contributed by atoms with Gasteiger partial charge in [0.2, 0.25) is 0 Å². The van der Waals surface area contributed by atoms with E-state index in [2.05, 4.69) is 32.8 Å². The number of aromatic hydroxyl groups is 1. The fourth-order valence-electron chi connectivity index (χ4n) is 2.58. The van der Waals surface area contributed by atoms with E-state index in [1.54, 1.807) is 12.4 Å². The van der Waals surface area contributed by atoms with Gasteiger partial charge in [-0.25, -0.2) is 4.98 Å². The molecule has 3 aromatic rings. The Morgan fingerprint density at radius 1 is 1.25 bits per heavy atom. The monoisotopic (exact) mass is 383 g/mol. The maximum Gasteiger partial charge on any atom is 0.126 e. The van der Waals surface area contributed by atoms with Crippen LogP contribution >= 0.6 is 15.9 Å². The van der Waals surface area contributed by atoms with E-state index in [0.29, 0.717) is 0 Å². The summed E-state index contributed by atoms with van der Waals surface area (Å²) in [5.74, 6) is 0.209. The molecule has 24 heavy (non-hydrogen) atoms. The molecule has 0 bridgehead atoms. The van der Waals surface area contributed by atoms with Crippen molar-refractivity contribution >= 4 is 21.6 Å². The van der Waals surface area contributed by atoms with Crippen LogP contribution in [0.1, 0.15) is 23.7 Å². The highest BCUT2D eigenvalue weighted by molar-refractivity contribution is 9.10. The zero-order valence-corrected chi connectivity index (χ0v) is 14.9. The lowest BCUT2D eigenvalue weighted by atomic mass is 10.0. The highest BCUT2D eigenvalue weighted by atomic mass is 79.9. The Morgan fingerprint density at radius 3 is 2.71 bits per heavy atom. The summed E-state index contributed by atoms with van der Waals surface area (Å²) in [4.78, 5) is 12.0. The van der Waals surface area contributed by atoms with Gasteiger partial charge in [0.15, 0.2) is 0 Å². The minimum absolute atomic E-state index is 0.0451. The highest BCUT2D eigenvalue weighted by Crippen LogP contribution is 2.26. The van der Waals surface area contributed by atoms with Crippen LogP contribution in [0.15, 0.2) is 70.5 Å². The number of aromatic nitrogens is 2. The van der Waals surface area contributed by atoms with Crippen LogP contribution in [0.4, 0.5) is 0 Å². The molecule has 0 radical (unpaired) electrons. The molecule has 1 heterocycles. The molecule has 0 unspecified atom stereocenters. The Labute approximate surface area is 149 Å². The number of imidazole rings is 1. The second kappa shape index (κ2) is 7.45. The predicted molar refractivity (Wildman–Crippen MR) is 99.6 cm³/mol. The summed E-state index contributed by atoms with van der Waals surface area (Å²) in [6.07, 6.45) is 4.24. The third kappa shape index (κ3) is 3.92. The first kappa shape index (κ1) is 16.5. The average Bonchev–Trinajstić information content (AvgIpc) is 3.07. The SMILES string of the molecule is C[C@H](Cc1cnc[nH]1)N=C(c1ccccc1)c1ccc(Br)cc1O. The van der Waals surface area contributed by atoms with E-state index in [1.807, 2.05) is 48.7 Å². The Hall–Kier alpha value is -2.40. The van der Waals surface area contributed by atoms with E-state index in [1.165, 1.54) is 0 Å². The van der Waals surface area contributed by atoms with Crippen molar-refractivity contribution in [1.29, 1.82) is 0 Å². The number of benzene rings is 2. The van der Waals surface area contributed by atoms with Gasteiger partial charge in [0.25, 0.3) is 0 Å². The first-order valence-electron chi connectivity index (χ1n) is 7.73. The first-order valence-corrected chi connectivity index (χ1v) is 8.52. The third-order valence-corrected chi connectivity index (χ3v) is 4.18. The molecule has 4 nitrogen and oxygen atoms in total. The largest absolute Gasteiger partial charge is 0.507 e. The maximum absolute atomic E-state index is 10.4. The Morgan fingerprint density at radius 2 is 2.04 bits per heavy atom. The summed E-state index contributed by atoms with van der Waals surface area (Å²) in [6.45, 7) is 2.06. The third-order valence-electron chi connectivity index (χ3n) is 3.68. The smallest absolute Gasteiger partial charge is 0.126 e. The molecule has 0 aliphatic rings. The number of nitrogens with zero attached hydrogens (tertiary/aromatic N) is 2. The molecule has 2 aromatic carbocycles. The molecule has 5 heteroatoms. The zero-order chi connectivity index (χ0) is 16.9. The van der Waals surface area contributed by atoms with Gasteiger partial charge in [-0.2, -0.15) is 0 Å². The second-order valence-corrected chi connectivity index (χ2v) is 6.55. The molecule has 0 spiro atoms. The number of rotatable bonds is 5. The molecule has 1 aromatic heterocycles. The Bertz CT molecular complexity index is 829. The van der Waals surface area contributed by atoms with Crippen LogP contribution in [0, 0.1) is 0 Å². The lowest BCUT2D eigenvalue weighted by molar-refractivity contribution is 0.473. The predicted octanol–water partition coefficient (Wildman–Crippen LogP) is 4.35. The zero-order valence-electron chi connectivity index (χ0n) is 13.3. The summed E-state index contributed by atoms with van der Waals surface area (Å²) >= 11 is 3.38. The van der Waals surface area contributed by atoms with Gasteiger partial charge in [-0.15, -0.1) is 0 Å². The minimum Gasteiger partial charge on any atom is -0.507 e. The van der Waals surface area contributed by atoms with E-state index in [4.69, 9.17) is 4.99 Å². The van der Waals surface area contributed by atoms with E-state index in [-0.39, 0.29) is 11.8 Å². The van der Waals surface area contributed by atoms with Crippen molar-refractivity contribution in [1.82, 2.24) is 9.97 Å². The van der Waals surface area contributed by atoms with Crippen LogP contribution in [-0.2, 0) is 6.42 Å². The number of hydrogen-bond acceptors (Lipinski definition) is 3. The van der Waals surface area contributed by atoms with Crippen molar-refractivity contribution in [3.05, 3.63) is 82.3 Å². The maximum atomic E-state index is 10.4. The molecule has 0 aliphatic carbocycles. The number of phenolic OH excluding ortho intramolecular Hbond substituents is 1. The minimum atomic E-state index is 0.0451. The first-order chi connectivity index (χ1) is 11.6. The van der Waals surface area contributed by atoms with E-state index in [0.717, 1.165) is 33.4 Å². The lowest BCUT2D eigenvalue weighted by Gasteiger charge is -2.13. The van der Waals surface area contributed by atoms with Gasteiger partial charge in [-0.1, -0.05) is 46.3 Å². The van der Waals surface area contributed by atoms with Crippen LogP contribution in [0.25, 0.3) is 0 Å². The fraction of sp³-hybridized carbons (Fsp3) is 0.158. The van der Waals surface area contributed by atoms with Gasteiger partial charge in [-0.05, 0) is 25.1 Å². The van der Waals surface area contributed by atoms with Crippen LogP contribution in [-0.4, -0.2) is 26.8 Å². The van der Waals surface area contributed by atoms with Crippen LogP contribution in [0.5, 0.6) is 5.75 Å². The molecule has 2 N–H and O–H groups in total. The van der Waals surface area contributed by atoms with E-state index >= 15 is 0 Å². The summed E-state index contributed by atoms with van der Waals surface area (Å²) in [5, 5.41) is 10.4. The van der Waals surface area contributed by atoms with Crippen molar-refractivity contribution in [3.63, 3.8) is 0 Å². The summed E-state index contributed by atoms with van der Waals surface area (Å²) in [5.41, 5.74) is 3.53. The number of phenols is 1. The van der Waals surface area contributed by atoms with Crippen LogP contribution in [0.3, 0.4) is 0 Å². The average molecular weight is 384 g/mol. The van der Waals surface area contributed by atoms with Crippen molar-refractivity contribution in [2.75, 3.05) is 0 Å². The second-order valence-electron chi connectivity index (χ2n) is 5.64. The van der Waals surface area contributed by atoms with Gasteiger partial charge >= 0.3 is 0 Å². The number of aromatic amines is 1. The van der Waals surface area contributed by atoms with E-state index < -0.39 is 0 Å². The number of hydrogen-bond donors (Lipinski definition) is 2. The van der Waals surface area contributed by atoms with Gasteiger partial charge in [0, 0.05) is 33.9 Å². The number of nitrogens with one attached hydrogen (secondary N) is 1. The lowest BCUT2D eigenvalue weighted by Crippen LogP contribution is -2.11. The summed E-state index contributed by atoms with van der Waals surface area (Å²) in [6, 6.07) is 15.4. The summed E-state index contributed by atoms with van der Waals surface area (Å²) < 4.78 is 0.835. The van der Waals surface area contributed by atoms with Crippen molar-refractivity contribution < 1.29 is 5.11 Å². The van der Waals surface area contributed by atoms with Gasteiger partial charge in [-0.3, -0.25) is 4.99 Å². The Balaban J connectivity index is 2.00. The molecule has 3 rings (SSSR count). The summed E-state index contributed by atoms with van der Waals surface area (Å²) in [7, 11) is 0. The Kier molecular flexibility index (Phi) is 5.11. The molecular weight excluding hydrogens is 366 g/mol. The van der Waals surface area contributed by atoms with Crippen molar-refractivity contribution in [2.24, 2.45) is 4.99 Å². The van der Waals surface area contributed by atoms with Gasteiger partial charge in [0.05, 0.1) is 18.1 Å². The molecule has 0 aliphatic heterocycles. The molecule has 1 atom stereocenters. The van der Waals surface area contributed by atoms with Crippen molar-refractivity contribution in [2.45, 2.75) is 19.4 Å². The molecule has 122 valence electrons. The molecule has 0 amide bonds. The van der Waals surface area contributed by atoms with Crippen LogP contribution in [0.2, 0.25) is 0 Å². The quantitative estimate of drug-likeness (QED) is 0.643. The topological polar surface area (TPSA) is 61.3 Å². The normalized spacial score (nSPS) is 13.0. The van der Waals surface area contributed by atoms with Gasteiger partial charge < -0.3 is 10.1 Å². The molecule has 0 fully saturated rings.